The number of hydrogen-bond acceptors (Lipinski definition) is 6. The van der Waals surface area contributed by atoms with E-state index in [1.807, 2.05) is 97.7 Å². The number of ether oxygens (including phenoxy) is 1. The molecule has 0 amide bonds. The summed E-state index contributed by atoms with van der Waals surface area (Å²) < 4.78 is 31.5. The van der Waals surface area contributed by atoms with Crippen LogP contribution in [0.3, 0.4) is 0 Å². The van der Waals surface area contributed by atoms with Gasteiger partial charge in [-0.05, 0) is 52.5 Å². The molecule has 0 spiro atoms. The van der Waals surface area contributed by atoms with E-state index in [0.29, 0.717) is 6.61 Å². The molecule has 0 heterocycles. The Hall–Kier alpha value is -0.320. The van der Waals surface area contributed by atoms with Crippen LogP contribution in [0.4, 0.5) is 0 Å². The fraction of sp³-hybridized carbons (Fsp3) is 0.739. The highest BCUT2D eigenvalue weighted by Crippen LogP contribution is 2.61. The Morgan fingerprint density at radius 3 is 1.90 bits per heavy atom. The third-order valence-electron chi connectivity index (χ3n) is 4.50. The minimum Gasteiger partial charge on any atom is -0.371 e. The van der Waals surface area contributed by atoms with Crippen molar-refractivity contribution in [1.82, 2.24) is 5.06 Å². The molecule has 0 N–H and O–H groups in total. The van der Waals surface area contributed by atoms with Gasteiger partial charge in [-0.2, -0.15) is 5.06 Å². The Bertz CT molecular complexity index is 675. The molecular weight excluding hydrogens is 432 g/mol. The Morgan fingerprint density at radius 2 is 1.52 bits per heavy atom. The number of hydroxylamine groups is 2. The number of benzene rings is 1. The fourth-order valence-corrected chi connectivity index (χ4v) is 6.10. The van der Waals surface area contributed by atoms with Crippen LogP contribution in [0.1, 0.15) is 74.0 Å². The van der Waals surface area contributed by atoms with E-state index in [1.165, 1.54) is 0 Å². The lowest BCUT2D eigenvalue weighted by molar-refractivity contribution is -0.276. The van der Waals surface area contributed by atoms with E-state index in [2.05, 4.69) is 9.24 Å². The molecule has 0 aromatic heterocycles. The van der Waals surface area contributed by atoms with Crippen LogP contribution in [0.2, 0.25) is 0 Å². The predicted octanol–water partition coefficient (Wildman–Crippen LogP) is 6.64. The van der Waals surface area contributed by atoms with Crippen LogP contribution in [-0.4, -0.2) is 42.1 Å². The Morgan fingerprint density at radius 1 is 1.00 bits per heavy atom. The minimum atomic E-state index is -3.53. The SMILES string of the molecule is CCOP(=O)(OCC)C(N(OC(COC(C)P)c1ccccc1)C(C)(C)C)C(C)(C)C. The monoisotopic (exact) mass is 475 g/mol. The first-order valence-electron chi connectivity index (χ1n) is 11.0. The van der Waals surface area contributed by atoms with Gasteiger partial charge in [0.1, 0.15) is 11.9 Å². The first-order chi connectivity index (χ1) is 14.3. The average Bonchev–Trinajstić information content (AvgIpc) is 2.63. The lowest BCUT2D eigenvalue weighted by atomic mass is 9.94. The molecule has 180 valence electrons. The van der Waals surface area contributed by atoms with Crippen LogP contribution in [0.25, 0.3) is 0 Å². The van der Waals surface area contributed by atoms with Gasteiger partial charge in [0.2, 0.25) is 0 Å². The van der Waals surface area contributed by atoms with Crippen molar-refractivity contribution in [3.63, 3.8) is 0 Å². The highest BCUT2D eigenvalue weighted by Gasteiger charge is 2.51. The maximum absolute atomic E-state index is 14.0. The third kappa shape index (κ3) is 8.85. The third-order valence-corrected chi connectivity index (χ3v) is 7.51. The van der Waals surface area contributed by atoms with E-state index >= 15 is 0 Å². The van der Waals surface area contributed by atoms with Gasteiger partial charge < -0.3 is 13.8 Å². The number of hydrogen-bond donors (Lipinski definition) is 0. The smallest absolute Gasteiger partial charge is 0.350 e. The molecule has 0 saturated carbocycles. The van der Waals surface area contributed by atoms with Crippen LogP contribution in [0, 0.1) is 5.41 Å². The fourth-order valence-electron chi connectivity index (χ4n) is 3.31. The van der Waals surface area contributed by atoms with Crippen LogP contribution >= 0.6 is 16.8 Å². The highest BCUT2D eigenvalue weighted by atomic mass is 31.2. The van der Waals surface area contributed by atoms with E-state index < -0.39 is 24.3 Å². The molecule has 31 heavy (non-hydrogen) atoms. The average molecular weight is 476 g/mol. The van der Waals surface area contributed by atoms with Gasteiger partial charge in [-0.1, -0.05) is 51.1 Å². The molecule has 0 aliphatic carbocycles. The summed E-state index contributed by atoms with van der Waals surface area (Å²) in [6.45, 7) is 18.8. The minimum absolute atomic E-state index is 0.0192. The molecule has 8 heteroatoms. The number of rotatable bonds is 12. The van der Waals surface area contributed by atoms with E-state index in [-0.39, 0.29) is 25.2 Å². The van der Waals surface area contributed by atoms with E-state index in [0.717, 1.165) is 5.56 Å². The summed E-state index contributed by atoms with van der Waals surface area (Å²) in [6.07, 6.45) is -0.384. The quantitative estimate of drug-likeness (QED) is 0.250. The lowest BCUT2D eigenvalue weighted by Gasteiger charge is -2.48. The van der Waals surface area contributed by atoms with Crippen LogP contribution in [0.15, 0.2) is 30.3 Å². The molecule has 0 aliphatic heterocycles. The van der Waals surface area contributed by atoms with E-state index in [9.17, 15) is 4.57 Å². The van der Waals surface area contributed by atoms with Crippen molar-refractivity contribution in [2.24, 2.45) is 5.41 Å². The van der Waals surface area contributed by atoms with Crippen LogP contribution in [-0.2, 0) is 23.2 Å². The molecule has 0 fully saturated rings. The zero-order valence-electron chi connectivity index (χ0n) is 20.8. The van der Waals surface area contributed by atoms with Gasteiger partial charge in [-0.25, -0.2) is 0 Å². The van der Waals surface area contributed by atoms with Gasteiger partial charge in [0.25, 0.3) is 0 Å². The van der Waals surface area contributed by atoms with E-state index in [1.54, 1.807) is 0 Å². The van der Waals surface area contributed by atoms with Gasteiger partial charge in [0.15, 0.2) is 0 Å². The summed E-state index contributed by atoms with van der Waals surface area (Å²) in [5.41, 5.74) is 0.0441. The maximum Gasteiger partial charge on any atom is 0.350 e. The molecule has 1 aromatic rings. The zero-order chi connectivity index (χ0) is 23.9. The second-order valence-corrected chi connectivity index (χ2v) is 12.7. The van der Waals surface area contributed by atoms with Crippen LogP contribution in [0.5, 0.6) is 0 Å². The van der Waals surface area contributed by atoms with Gasteiger partial charge in [0.05, 0.1) is 25.7 Å². The van der Waals surface area contributed by atoms with Gasteiger partial charge in [0, 0.05) is 5.54 Å². The molecule has 1 rings (SSSR count). The van der Waals surface area contributed by atoms with Crippen molar-refractivity contribution < 1.29 is 23.2 Å². The molecule has 0 bridgehead atoms. The zero-order valence-corrected chi connectivity index (χ0v) is 22.8. The molecule has 4 unspecified atom stereocenters. The van der Waals surface area contributed by atoms with Crippen molar-refractivity contribution in [1.29, 1.82) is 0 Å². The van der Waals surface area contributed by atoms with Crippen molar-refractivity contribution in [2.45, 2.75) is 85.6 Å². The first-order valence-corrected chi connectivity index (χ1v) is 13.3. The summed E-state index contributed by atoms with van der Waals surface area (Å²) in [6, 6.07) is 9.95. The summed E-state index contributed by atoms with van der Waals surface area (Å²) in [4.78, 5) is 6.65. The van der Waals surface area contributed by atoms with E-state index in [4.69, 9.17) is 18.6 Å². The second-order valence-electron chi connectivity index (χ2n) is 9.65. The summed E-state index contributed by atoms with van der Waals surface area (Å²) in [5, 5.41) is 1.81. The summed E-state index contributed by atoms with van der Waals surface area (Å²) in [5.74, 6) is -0.645. The van der Waals surface area contributed by atoms with Crippen molar-refractivity contribution in [3.05, 3.63) is 35.9 Å². The predicted molar refractivity (Wildman–Crippen MR) is 131 cm³/mol. The van der Waals surface area contributed by atoms with Crippen LogP contribution < -0.4 is 0 Å². The molecular formula is C23H43NO5P2. The van der Waals surface area contributed by atoms with Gasteiger partial charge in [-0.3, -0.25) is 9.40 Å². The maximum atomic E-state index is 14.0. The standard InChI is InChI=1S/C23H43NO5P2/c1-10-27-31(25,28-11-2)21(22(4,5)6)24(23(7,8)9)29-20(17-26-18(3)30)19-15-13-12-14-16-19/h12-16,18,20-21H,10-11,17,30H2,1-9H3. The lowest BCUT2D eigenvalue weighted by Crippen LogP contribution is -2.54. The Balaban J connectivity index is 3.50. The van der Waals surface area contributed by atoms with Crippen molar-refractivity contribution >= 4 is 16.8 Å². The summed E-state index contributed by atoms with van der Waals surface area (Å²) >= 11 is 0. The van der Waals surface area contributed by atoms with Gasteiger partial charge in [-0.15, -0.1) is 9.24 Å². The molecule has 1 aromatic carbocycles. The highest BCUT2D eigenvalue weighted by molar-refractivity contribution is 7.54. The summed E-state index contributed by atoms with van der Waals surface area (Å²) in [7, 11) is -0.894. The Labute approximate surface area is 192 Å². The van der Waals surface area contributed by atoms with Gasteiger partial charge >= 0.3 is 7.60 Å². The van der Waals surface area contributed by atoms with Crippen molar-refractivity contribution in [3.8, 4) is 0 Å². The Kier molecular flexibility index (Phi) is 11.3. The van der Waals surface area contributed by atoms with Crippen molar-refractivity contribution in [2.75, 3.05) is 19.8 Å². The molecule has 0 aliphatic rings. The topological polar surface area (TPSA) is 57.2 Å². The molecule has 4 atom stereocenters. The normalized spacial score (nSPS) is 16.4. The first kappa shape index (κ1) is 28.7. The molecule has 0 saturated heterocycles. The largest absolute Gasteiger partial charge is 0.371 e. The second kappa shape index (κ2) is 12.2. The number of nitrogens with zero attached hydrogens (tertiary/aromatic N) is 1. The molecule has 6 nitrogen and oxygen atoms in total. The molecule has 0 radical (unpaired) electrons.